The van der Waals surface area contributed by atoms with Crippen molar-refractivity contribution >= 4 is 22.8 Å². The maximum Gasteiger partial charge on any atom is 0.336 e. The average Bonchev–Trinajstić information content (AvgIpc) is 2.51. The molecule has 0 amide bonds. The van der Waals surface area contributed by atoms with Crippen LogP contribution in [0.5, 0.6) is 0 Å². The molecule has 0 fully saturated rings. The molecule has 2 aromatic carbocycles. The van der Waals surface area contributed by atoms with E-state index in [-0.39, 0.29) is 12.3 Å². The summed E-state index contributed by atoms with van der Waals surface area (Å²) in [6.45, 7) is 8.96. The van der Waals surface area contributed by atoms with Gasteiger partial charge in [-0.2, -0.15) is 0 Å². The second-order valence-corrected chi connectivity index (χ2v) is 4.35. The highest BCUT2D eigenvalue weighted by Gasteiger charge is 2.08. The number of rotatable bonds is 4. The van der Waals surface area contributed by atoms with Crippen molar-refractivity contribution in [1.82, 2.24) is 0 Å². The lowest BCUT2D eigenvalue weighted by Crippen LogP contribution is -2.04. The van der Waals surface area contributed by atoms with Crippen LogP contribution in [0.4, 0.5) is 0 Å². The lowest BCUT2D eigenvalue weighted by Gasteiger charge is -1.99. The van der Waals surface area contributed by atoms with E-state index in [0.29, 0.717) is 0 Å². The van der Waals surface area contributed by atoms with Gasteiger partial charge in [-0.15, -0.1) is 0 Å². The summed E-state index contributed by atoms with van der Waals surface area (Å²) in [6, 6.07) is 14.2. The topological polar surface area (TPSA) is 30.7 Å². The lowest BCUT2D eigenvalue weighted by atomic mass is 10.1. The van der Waals surface area contributed by atoms with Gasteiger partial charge >= 0.3 is 5.97 Å². The Morgan fingerprint density at radius 3 is 2.71 bits per heavy atom. The summed E-state index contributed by atoms with van der Waals surface area (Å²) in [4.78, 5) is 14.6. The molecule has 0 radical (unpaired) electrons. The van der Waals surface area contributed by atoms with Gasteiger partial charge in [0.15, 0.2) is 0 Å². The molecular weight excluding hydrogens is 262 g/mol. The van der Waals surface area contributed by atoms with Gasteiger partial charge in [-0.05, 0) is 35.4 Å². The van der Waals surface area contributed by atoms with Crippen LogP contribution in [0.1, 0.15) is 12.5 Å². The molecular formula is C18H15NO2. The van der Waals surface area contributed by atoms with Crippen molar-refractivity contribution in [2.75, 3.05) is 6.61 Å². The predicted octanol–water partition coefficient (Wildman–Crippen LogP) is 4.22. The highest BCUT2D eigenvalue weighted by Crippen LogP contribution is 2.16. The molecule has 0 aromatic heterocycles. The molecule has 0 unspecified atom stereocenters. The van der Waals surface area contributed by atoms with Gasteiger partial charge in [-0.3, -0.25) is 4.79 Å². The van der Waals surface area contributed by atoms with Gasteiger partial charge in [-0.25, -0.2) is 4.85 Å². The molecule has 0 saturated heterocycles. The number of fused-ring (bicyclic) bond motifs is 1. The fourth-order valence-corrected chi connectivity index (χ4v) is 1.92. The third kappa shape index (κ3) is 3.80. The molecule has 0 heterocycles. The van der Waals surface area contributed by atoms with E-state index < -0.39 is 5.97 Å². The monoisotopic (exact) mass is 277 g/mol. The Balaban J connectivity index is 2.19. The van der Waals surface area contributed by atoms with Crippen molar-refractivity contribution in [3.63, 3.8) is 0 Å². The van der Waals surface area contributed by atoms with Gasteiger partial charge in [-0.1, -0.05) is 48.6 Å². The molecule has 0 bridgehead atoms. The van der Waals surface area contributed by atoms with E-state index in [1.165, 1.54) is 11.5 Å². The molecule has 3 nitrogen and oxygen atoms in total. The van der Waals surface area contributed by atoms with Crippen molar-refractivity contribution in [2.45, 2.75) is 6.92 Å². The maximum atomic E-state index is 11.5. The molecule has 3 heteroatoms. The van der Waals surface area contributed by atoms with Crippen LogP contribution in [0.25, 0.3) is 21.7 Å². The van der Waals surface area contributed by atoms with Gasteiger partial charge in [0.1, 0.15) is 0 Å². The highest BCUT2D eigenvalue weighted by molar-refractivity contribution is 5.91. The fourth-order valence-electron chi connectivity index (χ4n) is 1.92. The van der Waals surface area contributed by atoms with Crippen molar-refractivity contribution in [3.8, 4) is 0 Å². The quantitative estimate of drug-likeness (QED) is 0.362. The van der Waals surface area contributed by atoms with E-state index in [1.807, 2.05) is 36.4 Å². The normalized spacial score (nSPS) is 11.5. The zero-order valence-corrected chi connectivity index (χ0v) is 11.7. The SMILES string of the molecule is [C-]#[N+]/C(=C\C=C\c1ccc2ccccc2c1)C(=O)OCC. The second kappa shape index (κ2) is 7.06. The van der Waals surface area contributed by atoms with Gasteiger partial charge in [0, 0.05) is 0 Å². The molecule has 2 aromatic rings. The molecule has 0 N–H and O–H groups in total. The zero-order chi connectivity index (χ0) is 15.1. The number of carbonyl (C=O) groups is 1. The summed E-state index contributed by atoms with van der Waals surface area (Å²) in [5.41, 5.74) is 0.993. The lowest BCUT2D eigenvalue weighted by molar-refractivity contribution is -0.138. The first kappa shape index (κ1) is 14.5. The number of nitrogens with zero attached hydrogens (tertiary/aromatic N) is 1. The Bertz CT molecular complexity index is 751. The molecule has 104 valence electrons. The predicted molar refractivity (Wildman–Crippen MR) is 84.3 cm³/mol. The Labute approximate surface area is 124 Å². The first-order valence-corrected chi connectivity index (χ1v) is 6.66. The minimum atomic E-state index is -0.587. The van der Waals surface area contributed by atoms with Crippen LogP contribution in [-0.4, -0.2) is 12.6 Å². The van der Waals surface area contributed by atoms with E-state index in [2.05, 4.69) is 17.0 Å². The summed E-state index contributed by atoms with van der Waals surface area (Å²) in [5.74, 6) is -0.587. The van der Waals surface area contributed by atoms with E-state index >= 15 is 0 Å². The molecule has 2 rings (SSSR count). The summed E-state index contributed by atoms with van der Waals surface area (Å²) in [5, 5.41) is 2.33. The molecule has 0 spiro atoms. The Kier molecular flexibility index (Phi) is 4.89. The van der Waals surface area contributed by atoms with Crippen molar-refractivity contribution in [2.24, 2.45) is 0 Å². The third-order valence-electron chi connectivity index (χ3n) is 2.92. The number of ether oxygens (including phenoxy) is 1. The Morgan fingerprint density at radius 2 is 2.00 bits per heavy atom. The average molecular weight is 277 g/mol. The van der Waals surface area contributed by atoms with Crippen molar-refractivity contribution in [1.29, 1.82) is 0 Å². The molecule has 0 aliphatic heterocycles. The number of benzene rings is 2. The number of esters is 1. The Hall–Kier alpha value is -2.86. The zero-order valence-electron chi connectivity index (χ0n) is 11.7. The standard InChI is InChI=1S/C18H15NO2/c1-3-21-18(20)17(19-2)10-6-7-14-11-12-15-8-4-5-9-16(15)13-14/h4-13H,3H2,1H3/b7-6+,17-10-. The van der Waals surface area contributed by atoms with Gasteiger partial charge in [0.25, 0.3) is 5.70 Å². The number of hydrogen-bond acceptors (Lipinski definition) is 2. The van der Waals surface area contributed by atoms with Crippen LogP contribution in [0.3, 0.4) is 0 Å². The summed E-state index contributed by atoms with van der Waals surface area (Å²) in [6.07, 6.45) is 5.02. The van der Waals surface area contributed by atoms with Crippen molar-refractivity contribution < 1.29 is 9.53 Å². The summed E-state index contributed by atoms with van der Waals surface area (Å²) >= 11 is 0. The Morgan fingerprint density at radius 1 is 1.24 bits per heavy atom. The van der Waals surface area contributed by atoms with Crippen LogP contribution in [0.2, 0.25) is 0 Å². The second-order valence-electron chi connectivity index (χ2n) is 4.35. The van der Waals surface area contributed by atoms with E-state index in [0.717, 1.165) is 10.9 Å². The number of allylic oxidation sites excluding steroid dienone is 2. The van der Waals surface area contributed by atoms with E-state index in [4.69, 9.17) is 11.3 Å². The largest absolute Gasteiger partial charge is 0.471 e. The minimum Gasteiger partial charge on any atom is -0.471 e. The number of hydrogen-bond donors (Lipinski definition) is 0. The molecule has 0 aliphatic rings. The van der Waals surface area contributed by atoms with Crippen LogP contribution in [0, 0.1) is 6.57 Å². The smallest absolute Gasteiger partial charge is 0.336 e. The third-order valence-corrected chi connectivity index (χ3v) is 2.92. The van der Waals surface area contributed by atoms with E-state index in [9.17, 15) is 4.79 Å². The van der Waals surface area contributed by atoms with Crippen LogP contribution >= 0.6 is 0 Å². The first-order chi connectivity index (χ1) is 10.2. The van der Waals surface area contributed by atoms with Crippen LogP contribution < -0.4 is 0 Å². The maximum absolute atomic E-state index is 11.5. The highest BCUT2D eigenvalue weighted by atomic mass is 16.5. The molecule has 0 atom stereocenters. The summed E-state index contributed by atoms with van der Waals surface area (Å²) in [7, 11) is 0. The fraction of sp³-hybridized carbons (Fsp3) is 0.111. The molecule has 21 heavy (non-hydrogen) atoms. The van der Waals surface area contributed by atoms with Gasteiger partial charge in [0.05, 0.1) is 13.2 Å². The molecule has 0 aliphatic carbocycles. The van der Waals surface area contributed by atoms with Gasteiger partial charge in [0.2, 0.25) is 0 Å². The van der Waals surface area contributed by atoms with Crippen molar-refractivity contribution in [3.05, 3.63) is 77.3 Å². The minimum absolute atomic E-state index is 0.0195. The molecule has 0 saturated carbocycles. The number of carbonyl (C=O) groups excluding carboxylic acids is 1. The summed E-state index contributed by atoms with van der Waals surface area (Å²) < 4.78 is 4.80. The van der Waals surface area contributed by atoms with Crippen LogP contribution in [-0.2, 0) is 9.53 Å². The van der Waals surface area contributed by atoms with E-state index in [1.54, 1.807) is 13.0 Å². The first-order valence-electron chi connectivity index (χ1n) is 6.66. The van der Waals surface area contributed by atoms with Crippen LogP contribution in [0.15, 0.2) is 60.3 Å². The van der Waals surface area contributed by atoms with Gasteiger partial charge < -0.3 is 4.74 Å².